The van der Waals surface area contributed by atoms with Gasteiger partial charge >= 0.3 is 6.03 Å². The van der Waals surface area contributed by atoms with Gasteiger partial charge in [-0.2, -0.15) is 4.98 Å². The third-order valence-electron chi connectivity index (χ3n) is 4.60. The van der Waals surface area contributed by atoms with Crippen molar-refractivity contribution in [3.8, 4) is 0 Å². The van der Waals surface area contributed by atoms with E-state index in [4.69, 9.17) is 0 Å². The van der Waals surface area contributed by atoms with Gasteiger partial charge in [0.2, 0.25) is 11.9 Å². The van der Waals surface area contributed by atoms with E-state index in [0.717, 1.165) is 16.7 Å². The Kier molecular flexibility index (Phi) is 6.93. The van der Waals surface area contributed by atoms with E-state index in [9.17, 15) is 19.2 Å². The van der Waals surface area contributed by atoms with E-state index < -0.39 is 6.03 Å². The number of imide groups is 1. The smallest absolute Gasteiger partial charge is 0.329 e. The maximum atomic E-state index is 12.1. The molecule has 1 unspecified atom stereocenters. The number of amides is 5. The predicted octanol–water partition coefficient (Wildman–Crippen LogP) is 1.74. The van der Waals surface area contributed by atoms with Gasteiger partial charge in [0.15, 0.2) is 0 Å². The van der Waals surface area contributed by atoms with Crippen LogP contribution in [0.1, 0.15) is 6.42 Å². The zero-order chi connectivity index (χ0) is 23.4. The molecule has 12 nitrogen and oxygen atoms in total. The highest BCUT2D eigenvalue weighted by molar-refractivity contribution is 9.10. The number of hydrogen-bond donors (Lipinski definition) is 5. The molecule has 1 aromatic carbocycles. The lowest BCUT2D eigenvalue weighted by Gasteiger charge is -2.15. The molecule has 2 aliphatic rings. The highest BCUT2D eigenvalue weighted by atomic mass is 79.9. The topological polar surface area (TPSA) is 157 Å². The molecule has 14 heteroatoms. The Morgan fingerprint density at radius 2 is 2.15 bits per heavy atom. The van der Waals surface area contributed by atoms with E-state index in [1.165, 1.54) is 0 Å². The van der Waals surface area contributed by atoms with Crippen LogP contribution in [-0.2, 0) is 9.59 Å². The maximum Gasteiger partial charge on any atom is 0.329 e. The summed E-state index contributed by atoms with van der Waals surface area (Å²) < 4.78 is 0.612. The molecule has 0 saturated carbocycles. The van der Waals surface area contributed by atoms with Crippen LogP contribution in [0.5, 0.6) is 0 Å². The SMILES string of the molecule is O=C(CCNc1nc(Nc2cccc(N3C(=O)CNC3=O)c2)ncc1Br)NC1CSC(=O)N1. The summed E-state index contributed by atoms with van der Waals surface area (Å²) in [4.78, 5) is 56.7. The number of rotatable bonds is 8. The minimum absolute atomic E-state index is 0.0341. The summed E-state index contributed by atoms with van der Waals surface area (Å²) in [5, 5.41) is 13.8. The first-order chi connectivity index (χ1) is 15.9. The van der Waals surface area contributed by atoms with Gasteiger partial charge in [0, 0.05) is 30.6 Å². The average molecular weight is 535 g/mol. The van der Waals surface area contributed by atoms with Crippen molar-refractivity contribution in [1.82, 2.24) is 25.9 Å². The molecular weight excluding hydrogens is 516 g/mol. The molecule has 5 N–H and O–H groups in total. The zero-order valence-corrected chi connectivity index (χ0v) is 19.5. The van der Waals surface area contributed by atoms with Crippen molar-refractivity contribution < 1.29 is 19.2 Å². The highest BCUT2D eigenvalue weighted by Crippen LogP contribution is 2.25. The molecule has 0 aliphatic carbocycles. The van der Waals surface area contributed by atoms with Gasteiger partial charge < -0.3 is 26.6 Å². The number of thioether (sulfide) groups is 1. The molecule has 1 aromatic heterocycles. The van der Waals surface area contributed by atoms with Crippen LogP contribution in [0.4, 0.5) is 32.7 Å². The van der Waals surface area contributed by atoms with Gasteiger partial charge in [-0.1, -0.05) is 17.8 Å². The second-order valence-electron chi connectivity index (χ2n) is 6.99. The van der Waals surface area contributed by atoms with Crippen LogP contribution in [0.25, 0.3) is 0 Å². The van der Waals surface area contributed by atoms with Crippen LogP contribution in [0.3, 0.4) is 0 Å². The van der Waals surface area contributed by atoms with Crippen molar-refractivity contribution in [1.29, 1.82) is 0 Å². The lowest BCUT2D eigenvalue weighted by molar-refractivity contribution is -0.121. The number of urea groups is 1. The molecule has 2 aromatic rings. The Bertz CT molecular complexity index is 1100. The second-order valence-corrected chi connectivity index (χ2v) is 8.84. The Balaban J connectivity index is 1.35. The molecule has 3 heterocycles. The van der Waals surface area contributed by atoms with Gasteiger partial charge in [-0.05, 0) is 34.1 Å². The molecule has 1 atom stereocenters. The number of anilines is 4. The lowest BCUT2D eigenvalue weighted by atomic mass is 10.2. The summed E-state index contributed by atoms with van der Waals surface area (Å²) in [7, 11) is 0. The van der Waals surface area contributed by atoms with Crippen LogP contribution >= 0.6 is 27.7 Å². The Labute approximate surface area is 200 Å². The lowest BCUT2D eigenvalue weighted by Crippen LogP contribution is -2.44. The molecule has 4 rings (SSSR count). The standard InChI is InChI=1S/C19H19BrN8O4S/c20-12-7-22-17(24-10-2-1-3-11(6-10)28-15(30)8-23-18(28)31)27-16(12)21-5-4-14(29)25-13-9-33-19(32)26-13/h1-3,6-7,13H,4-5,8-9H2,(H,23,31)(H,25,29)(H,26,32)(H2,21,22,24,27). The third-order valence-corrected chi connectivity index (χ3v) is 6.06. The monoisotopic (exact) mass is 534 g/mol. The number of aromatic nitrogens is 2. The average Bonchev–Trinajstić information content (AvgIpc) is 3.34. The fourth-order valence-electron chi connectivity index (χ4n) is 3.11. The molecule has 33 heavy (non-hydrogen) atoms. The number of hydrogen-bond acceptors (Lipinski definition) is 9. The summed E-state index contributed by atoms with van der Waals surface area (Å²) >= 11 is 4.51. The van der Waals surface area contributed by atoms with E-state index in [2.05, 4.69) is 52.5 Å². The normalized spacial score (nSPS) is 17.5. The molecule has 2 fully saturated rings. The van der Waals surface area contributed by atoms with Crippen molar-refractivity contribution in [3.63, 3.8) is 0 Å². The number of nitrogens with one attached hydrogen (secondary N) is 5. The summed E-state index contributed by atoms with van der Waals surface area (Å²) in [6, 6.07) is 6.29. The molecule has 172 valence electrons. The molecular formula is C19H19BrN8O4S. The number of carbonyl (C=O) groups is 4. The van der Waals surface area contributed by atoms with Crippen molar-refractivity contribution in [2.75, 3.05) is 34.4 Å². The first-order valence-corrected chi connectivity index (χ1v) is 11.6. The van der Waals surface area contributed by atoms with Crippen LogP contribution in [0, 0.1) is 0 Å². The number of halogens is 1. The summed E-state index contributed by atoms with van der Waals surface area (Å²) in [5.41, 5.74) is 1.02. The van der Waals surface area contributed by atoms with Crippen LogP contribution < -0.4 is 31.5 Å². The fraction of sp³-hybridized carbons (Fsp3) is 0.263. The number of carbonyl (C=O) groups excluding carboxylic acids is 4. The van der Waals surface area contributed by atoms with E-state index >= 15 is 0 Å². The molecule has 2 aliphatic heterocycles. The molecule has 0 radical (unpaired) electrons. The van der Waals surface area contributed by atoms with Gasteiger partial charge in [0.25, 0.3) is 11.1 Å². The zero-order valence-electron chi connectivity index (χ0n) is 17.1. The van der Waals surface area contributed by atoms with Crippen molar-refractivity contribution in [2.45, 2.75) is 12.6 Å². The van der Waals surface area contributed by atoms with Gasteiger partial charge in [-0.15, -0.1) is 0 Å². The predicted molar refractivity (Wildman–Crippen MR) is 126 cm³/mol. The van der Waals surface area contributed by atoms with Gasteiger partial charge in [-0.3, -0.25) is 14.4 Å². The van der Waals surface area contributed by atoms with Crippen LogP contribution in [0.2, 0.25) is 0 Å². The Morgan fingerprint density at radius 1 is 1.30 bits per heavy atom. The quantitative estimate of drug-likeness (QED) is 0.318. The minimum atomic E-state index is -0.471. The molecule has 0 spiro atoms. The van der Waals surface area contributed by atoms with Gasteiger partial charge in [-0.25, -0.2) is 14.7 Å². The summed E-state index contributed by atoms with van der Waals surface area (Å²) in [6.45, 7) is 0.282. The summed E-state index contributed by atoms with van der Waals surface area (Å²) in [6.07, 6.45) is 1.39. The largest absolute Gasteiger partial charge is 0.368 e. The van der Waals surface area contributed by atoms with Gasteiger partial charge in [0.1, 0.15) is 12.0 Å². The van der Waals surface area contributed by atoms with E-state index in [0.29, 0.717) is 34.0 Å². The first-order valence-electron chi connectivity index (χ1n) is 9.86. The highest BCUT2D eigenvalue weighted by Gasteiger charge is 2.30. The maximum absolute atomic E-state index is 12.1. The summed E-state index contributed by atoms with van der Waals surface area (Å²) in [5.74, 6) is 0.737. The minimum Gasteiger partial charge on any atom is -0.368 e. The second kappa shape index (κ2) is 10.0. The third kappa shape index (κ3) is 5.70. The number of benzene rings is 1. The molecule has 5 amide bonds. The fourth-order valence-corrected chi connectivity index (χ4v) is 4.15. The van der Waals surface area contributed by atoms with E-state index in [1.54, 1.807) is 30.5 Å². The van der Waals surface area contributed by atoms with Crippen LogP contribution in [0.15, 0.2) is 34.9 Å². The van der Waals surface area contributed by atoms with Crippen molar-refractivity contribution in [3.05, 3.63) is 34.9 Å². The Hall–Kier alpha value is -3.39. The molecule has 2 saturated heterocycles. The van der Waals surface area contributed by atoms with E-state index in [1.807, 2.05) is 0 Å². The number of nitrogens with zero attached hydrogens (tertiary/aromatic N) is 3. The van der Waals surface area contributed by atoms with E-state index in [-0.39, 0.29) is 42.1 Å². The Morgan fingerprint density at radius 3 is 2.88 bits per heavy atom. The van der Waals surface area contributed by atoms with Crippen molar-refractivity contribution >= 4 is 73.9 Å². The molecule has 0 bridgehead atoms. The van der Waals surface area contributed by atoms with Gasteiger partial charge in [0.05, 0.1) is 16.7 Å². The first kappa shape index (κ1) is 22.8. The van der Waals surface area contributed by atoms with Crippen molar-refractivity contribution in [2.24, 2.45) is 0 Å². The van der Waals surface area contributed by atoms with Crippen LogP contribution in [-0.4, -0.2) is 58.1 Å².